The van der Waals surface area contributed by atoms with Crippen LogP contribution in [0.1, 0.15) is 105 Å². The van der Waals surface area contributed by atoms with Crippen LogP contribution >= 0.6 is 0 Å². The Balaban J connectivity index is 0.00000281. The zero-order valence-corrected chi connectivity index (χ0v) is 23.1. The Kier molecular flexibility index (Phi) is 14.3. The van der Waals surface area contributed by atoms with Crippen LogP contribution in [0.25, 0.3) is 0 Å². The molecule has 1 heterocycles. The molecule has 7 heteroatoms. The molecule has 2 rings (SSSR count). The van der Waals surface area contributed by atoms with Crippen molar-refractivity contribution in [3.63, 3.8) is 0 Å². The van der Waals surface area contributed by atoms with Crippen molar-refractivity contribution in [2.45, 2.75) is 117 Å². The van der Waals surface area contributed by atoms with E-state index in [4.69, 9.17) is 10.5 Å². The van der Waals surface area contributed by atoms with Gasteiger partial charge in [-0.1, -0.05) is 46.0 Å². The summed E-state index contributed by atoms with van der Waals surface area (Å²) in [5.41, 5.74) is 5.12. The van der Waals surface area contributed by atoms with Gasteiger partial charge >= 0.3 is 0 Å². The van der Waals surface area contributed by atoms with Crippen LogP contribution in [0.4, 0.5) is 0 Å². The first-order chi connectivity index (χ1) is 16.1. The second kappa shape index (κ2) is 15.7. The minimum absolute atomic E-state index is 0.147. The monoisotopic (exact) mass is 482 g/mol. The normalized spacial score (nSPS) is 20.4. The lowest BCUT2D eigenvalue weighted by Gasteiger charge is -2.34. The Hall–Kier alpha value is -1.18. The first-order valence-corrected chi connectivity index (χ1v) is 13.8. The van der Waals surface area contributed by atoms with E-state index >= 15 is 0 Å². The van der Waals surface area contributed by atoms with Gasteiger partial charge in [-0.15, -0.1) is 0 Å². The van der Waals surface area contributed by atoms with Crippen LogP contribution in [0.2, 0.25) is 0 Å². The van der Waals surface area contributed by atoms with Gasteiger partial charge in [-0.25, -0.2) is 0 Å². The van der Waals surface area contributed by atoms with E-state index < -0.39 is 5.72 Å². The number of nitrogens with two attached hydrogens (primary N) is 1. The molecule has 2 fully saturated rings. The van der Waals surface area contributed by atoms with Crippen LogP contribution in [-0.4, -0.2) is 72.7 Å². The fourth-order valence-electron chi connectivity index (χ4n) is 4.68. The third-order valence-electron chi connectivity index (χ3n) is 7.03. The van der Waals surface area contributed by atoms with Gasteiger partial charge in [0.2, 0.25) is 11.8 Å². The van der Waals surface area contributed by atoms with Crippen molar-refractivity contribution in [3.05, 3.63) is 0 Å². The van der Waals surface area contributed by atoms with E-state index in [9.17, 15) is 9.59 Å². The second-order valence-corrected chi connectivity index (χ2v) is 10.9. The van der Waals surface area contributed by atoms with E-state index in [0.717, 1.165) is 26.2 Å². The second-order valence-electron chi connectivity index (χ2n) is 10.9. The maximum Gasteiger partial charge on any atom is 0.222 e. The van der Waals surface area contributed by atoms with E-state index in [1.807, 2.05) is 39.5 Å². The Morgan fingerprint density at radius 1 is 0.941 bits per heavy atom. The van der Waals surface area contributed by atoms with Crippen molar-refractivity contribution in [1.82, 2.24) is 15.1 Å². The standard InChI is InChI=1S/C25H48N4O3.C2H6/c1-24(2,27-22(30)20-21-10-8-6-5-7-9-11-21)14-19-32-25(3,26)13-12-23(31)29-17-15-28(4)16-18-29;1-2/h21H,5-20,26H2,1-4H3,(H,27,30);1-2H3. The lowest BCUT2D eigenvalue weighted by atomic mass is 9.88. The number of amides is 2. The summed E-state index contributed by atoms with van der Waals surface area (Å²) in [5.74, 6) is 0.821. The molecule has 3 N–H and O–H groups in total. The molecule has 1 atom stereocenters. The predicted molar refractivity (Wildman–Crippen MR) is 140 cm³/mol. The molecule has 1 aliphatic carbocycles. The van der Waals surface area contributed by atoms with Gasteiger partial charge in [0.25, 0.3) is 0 Å². The third kappa shape index (κ3) is 13.1. The molecule has 1 saturated heterocycles. The highest BCUT2D eigenvalue weighted by Crippen LogP contribution is 2.25. The Morgan fingerprint density at radius 3 is 2.09 bits per heavy atom. The highest BCUT2D eigenvalue weighted by atomic mass is 16.5. The molecule has 2 amide bonds. The average molecular weight is 483 g/mol. The summed E-state index contributed by atoms with van der Waals surface area (Å²) in [6, 6.07) is 0. The fraction of sp³-hybridized carbons (Fsp3) is 0.926. The average Bonchev–Trinajstić information content (AvgIpc) is 2.75. The molecular formula is C27H54N4O3. The lowest BCUT2D eigenvalue weighted by Crippen LogP contribution is -2.48. The molecular weight excluding hydrogens is 428 g/mol. The number of ether oxygens (including phenoxy) is 1. The van der Waals surface area contributed by atoms with Crippen molar-refractivity contribution in [1.29, 1.82) is 0 Å². The van der Waals surface area contributed by atoms with E-state index in [-0.39, 0.29) is 17.4 Å². The Labute approximate surface area is 209 Å². The van der Waals surface area contributed by atoms with Crippen molar-refractivity contribution < 1.29 is 14.3 Å². The molecule has 0 spiro atoms. The molecule has 1 saturated carbocycles. The number of hydrogen-bond acceptors (Lipinski definition) is 5. The van der Waals surface area contributed by atoms with Crippen LogP contribution < -0.4 is 11.1 Å². The summed E-state index contributed by atoms with van der Waals surface area (Å²) in [4.78, 5) is 29.2. The molecule has 200 valence electrons. The summed E-state index contributed by atoms with van der Waals surface area (Å²) < 4.78 is 5.93. The maximum atomic E-state index is 12.6. The Morgan fingerprint density at radius 2 is 1.50 bits per heavy atom. The van der Waals surface area contributed by atoms with Crippen LogP contribution in [0.3, 0.4) is 0 Å². The summed E-state index contributed by atoms with van der Waals surface area (Å²) in [7, 11) is 2.08. The number of carbonyl (C=O) groups is 2. The number of carbonyl (C=O) groups excluding carboxylic acids is 2. The van der Waals surface area contributed by atoms with Crippen LogP contribution in [0, 0.1) is 5.92 Å². The van der Waals surface area contributed by atoms with Crippen molar-refractivity contribution >= 4 is 11.8 Å². The minimum Gasteiger partial charge on any atom is -0.361 e. The minimum atomic E-state index is -0.846. The van der Waals surface area contributed by atoms with Crippen molar-refractivity contribution in [3.8, 4) is 0 Å². The molecule has 0 aromatic carbocycles. The van der Waals surface area contributed by atoms with Crippen LogP contribution in [0.5, 0.6) is 0 Å². The van der Waals surface area contributed by atoms with Gasteiger partial charge in [0.1, 0.15) is 5.72 Å². The third-order valence-corrected chi connectivity index (χ3v) is 7.03. The first kappa shape index (κ1) is 30.9. The van der Waals surface area contributed by atoms with E-state index in [2.05, 4.69) is 17.3 Å². The molecule has 1 aliphatic heterocycles. The van der Waals surface area contributed by atoms with Crippen molar-refractivity contribution in [2.24, 2.45) is 11.7 Å². The fourth-order valence-corrected chi connectivity index (χ4v) is 4.68. The maximum absolute atomic E-state index is 12.6. The Bertz CT molecular complexity index is 578. The van der Waals surface area contributed by atoms with Gasteiger partial charge in [-0.05, 0) is 59.4 Å². The number of piperazine rings is 1. The highest BCUT2D eigenvalue weighted by Gasteiger charge is 2.27. The van der Waals surface area contributed by atoms with E-state index in [1.165, 1.54) is 44.9 Å². The number of rotatable bonds is 10. The van der Waals surface area contributed by atoms with Crippen molar-refractivity contribution in [2.75, 3.05) is 39.8 Å². The summed E-state index contributed by atoms with van der Waals surface area (Å²) in [6.07, 6.45) is 11.0. The largest absolute Gasteiger partial charge is 0.361 e. The predicted octanol–water partition coefficient (Wildman–Crippen LogP) is 4.29. The number of nitrogens with one attached hydrogen (secondary N) is 1. The van der Waals surface area contributed by atoms with Gasteiger partial charge in [0, 0.05) is 44.6 Å². The van der Waals surface area contributed by atoms with E-state index in [0.29, 0.717) is 38.2 Å². The topological polar surface area (TPSA) is 87.9 Å². The van der Waals surface area contributed by atoms with Gasteiger partial charge < -0.3 is 25.6 Å². The van der Waals surface area contributed by atoms with Gasteiger partial charge in [0.05, 0.1) is 6.61 Å². The highest BCUT2D eigenvalue weighted by molar-refractivity contribution is 5.77. The van der Waals surface area contributed by atoms with Crippen LogP contribution in [-0.2, 0) is 14.3 Å². The molecule has 0 aromatic heterocycles. The molecule has 1 unspecified atom stereocenters. The molecule has 0 aromatic rings. The molecule has 0 radical (unpaired) electrons. The first-order valence-electron chi connectivity index (χ1n) is 13.8. The zero-order valence-electron chi connectivity index (χ0n) is 23.1. The SMILES string of the molecule is CC.CN1CCN(C(=O)CCC(C)(N)OCCC(C)(C)NC(=O)CC2CCCCCCC2)CC1. The van der Waals surface area contributed by atoms with Crippen LogP contribution in [0.15, 0.2) is 0 Å². The molecule has 7 nitrogen and oxygen atoms in total. The molecule has 0 bridgehead atoms. The molecule has 34 heavy (non-hydrogen) atoms. The number of nitrogens with zero attached hydrogens (tertiary/aromatic N) is 2. The van der Waals surface area contributed by atoms with Gasteiger partial charge in [-0.3, -0.25) is 9.59 Å². The van der Waals surface area contributed by atoms with Gasteiger partial charge in [0.15, 0.2) is 0 Å². The summed E-state index contributed by atoms with van der Waals surface area (Å²) >= 11 is 0. The van der Waals surface area contributed by atoms with E-state index in [1.54, 1.807) is 0 Å². The number of likely N-dealkylation sites (N-methyl/N-ethyl adjacent to an activating group) is 1. The molecule has 2 aliphatic rings. The quantitative estimate of drug-likeness (QED) is 0.454. The zero-order chi connectivity index (χ0) is 25.6. The smallest absolute Gasteiger partial charge is 0.222 e. The lowest BCUT2D eigenvalue weighted by molar-refractivity contribution is -0.135. The summed E-state index contributed by atoms with van der Waals surface area (Å²) in [5, 5.41) is 3.20. The van der Waals surface area contributed by atoms with Gasteiger partial charge in [-0.2, -0.15) is 0 Å². The summed E-state index contributed by atoms with van der Waals surface area (Å²) in [6.45, 7) is 13.8. The number of hydrogen-bond donors (Lipinski definition) is 2.